The lowest BCUT2D eigenvalue weighted by Crippen LogP contribution is -2.18. The van der Waals surface area contributed by atoms with Gasteiger partial charge in [0.2, 0.25) is 0 Å². The average molecular weight is 323 g/mol. The molecule has 0 aliphatic rings. The van der Waals surface area contributed by atoms with E-state index in [2.05, 4.69) is 0 Å². The first-order valence-electron chi connectivity index (χ1n) is 6.68. The first-order chi connectivity index (χ1) is 9.68. The highest BCUT2D eigenvalue weighted by molar-refractivity contribution is 6.17. The molecule has 0 saturated carbocycles. The van der Waals surface area contributed by atoms with Crippen LogP contribution in [-0.4, -0.2) is 17.0 Å². The normalized spacial score (nSPS) is 13.5. The molecule has 0 bridgehead atoms. The number of carboxylic acid groups (broad SMARTS) is 1. The Hall–Kier alpha value is -1.23. The summed E-state index contributed by atoms with van der Waals surface area (Å²) in [6, 6.07) is 3.90. The van der Waals surface area contributed by atoms with Crippen molar-refractivity contribution in [2.45, 2.75) is 44.7 Å². The number of carbonyl (C=O) groups is 1. The second kappa shape index (κ2) is 7.16. The fraction of sp³-hybridized carbons (Fsp3) is 0.533. The van der Waals surface area contributed by atoms with Crippen LogP contribution in [-0.2, 0) is 11.0 Å². The molecule has 1 unspecified atom stereocenters. The highest BCUT2D eigenvalue weighted by atomic mass is 35.5. The van der Waals surface area contributed by atoms with Crippen molar-refractivity contribution in [3.05, 3.63) is 34.9 Å². The van der Waals surface area contributed by atoms with Crippen molar-refractivity contribution in [3.8, 4) is 0 Å². The maximum atomic E-state index is 13.2. The predicted molar refractivity (Wildman–Crippen MR) is 75.9 cm³/mol. The second-order valence-corrected chi connectivity index (χ2v) is 5.60. The topological polar surface area (TPSA) is 37.3 Å². The third-order valence-electron chi connectivity index (χ3n) is 3.35. The van der Waals surface area contributed by atoms with Gasteiger partial charge in [0.15, 0.2) is 0 Å². The number of alkyl halides is 4. The Bertz CT molecular complexity index is 498. The molecule has 1 rings (SSSR count). The number of carboxylic acids is 1. The predicted octanol–water partition coefficient (Wildman–Crippen LogP) is 5.02. The second-order valence-electron chi connectivity index (χ2n) is 5.22. The monoisotopic (exact) mass is 322 g/mol. The highest BCUT2D eigenvalue weighted by Crippen LogP contribution is 2.38. The summed E-state index contributed by atoms with van der Waals surface area (Å²) in [4.78, 5) is 11.3. The van der Waals surface area contributed by atoms with Gasteiger partial charge in [-0.2, -0.15) is 13.2 Å². The molecular formula is C15H18ClF3O2. The molecular weight excluding hydrogens is 305 g/mol. The summed E-state index contributed by atoms with van der Waals surface area (Å²) in [6.45, 7) is 3.58. The Balaban J connectivity index is 3.35. The lowest BCUT2D eigenvalue weighted by atomic mass is 9.87. The van der Waals surface area contributed by atoms with E-state index >= 15 is 0 Å². The number of aliphatic carboxylic acids is 1. The van der Waals surface area contributed by atoms with Gasteiger partial charge >= 0.3 is 12.1 Å². The Morgan fingerprint density at radius 3 is 2.38 bits per heavy atom. The molecule has 118 valence electrons. The van der Waals surface area contributed by atoms with Crippen molar-refractivity contribution in [1.82, 2.24) is 0 Å². The van der Waals surface area contributed by atoms with E-state index in [9.17, 15) is 23.1 Å². The van der Waals surface area contributed by atoms with Crippen LogP contribution in [0.5, 0.6) is 0 Å². The summed E-state index contributed by atoms with van der Waals surface area (Å²) in [5.74, 6) is -2.30. The molecule has 1 atom stereocenters. The quantitative estimate of drug-likeness (QED) is 0.747. The van der Waals surface area contributed by atoms with Crippen molar-refractivity contribution in [1.29, 1.82) is 0 Å². The molecule has 0 aromatic heterocycles. The fourth-order valence-electron chi connectivity index (χ4n) is 2.18. The number of hydrogen-bond acceptors (Lipinski definition) is 1. The zero-order valence-corrected chi connectivity index (χ0v) is 12.6. The van der Waals surface area contributed by atoms with E-state index in [1.54, 1.807) is 19.9 Å². The van der Waals surface area contributed by atoms with E-state index < -0.39 is 23.6 Å². The van der Waals surface area contributed by atoms with E-state index in [0.717, 1.165) is 6.07 Å². The lowest BCUT2D eigenvalue weighted by Gasteiger charge is -2.20. The molecule has 1 aromatic carbocycles. The van der Waals surface area contributed by atoms with Crippen molar-refractivity contribution in [3.63, 3.8) is 0 Å². The molecule has 2 nitrogen and oxygen atoms in total. The largest absolute Gasteiger partial charge is 0.481 e. The zero-order chi connectivity index (χ0) is 16.2. The van der Waals surface area contributed by atoms with Gasteiger partial charge in [0.1, 0.15) is 0 Å². The average Bonchev–Trinajstić information content (AvgIpc) is 2.37. The molecule has 6 heteroatoms. The Labute approximate surface area is 126 Å². The third-order valence-corrected chi connectivity index (χ3v) is 3.62. The van der Waals surface area contributed by atoms with Gasteiger partial charge in [0, 0.05) is 5.88 Å². The smallest absolute Gasteiger partial charge is 0.416 e. The van der Waals surface area contributed by atoms with Gasteiger partial charge < -0.3 is 5.11 Å². The summed E-state index contributed by atoms with van der Waals surface area (Å²) in [7, 11) is 0. The van der Waals surface area contributed by atoms with Gasteiger partial charge in [-0.1, -0.05) is 26.0 Å². The molecule has 0 radical (unpaired) electrons. The number of halogens is 4. The number of rotatable bonds is 6. The van der Waals surface area contributed by atoms with Gasteiger partial charge in [0.05, 0.1) is 11.5 Å². The summed E-state index contributed by atoms with van der Waals surface area (Å²) in [6.07, 6.45) is -4.14. The Kier molecular flexibility index (Phi) is 6.08. The van der Waals surface area contributed by atoms with Gasteiger partial charge in [0.25, 0.3) is 0 Å². The van der Waals surface area contributed by atoms with Gasteiger partial charge in [-0.15, -0.1) is 11.6 Å². The van der Waals surface area contributed by atoms with E-state index in [4.69, 9.17) is 11.6 Å². The zero-order valence-electron chi connectivity index (χ0n) is 11.9. The maximum Gasteiger partial charge on any atom is 0.416 e. The van der Waals surface area contributed by atoms with E-state index in [0.29, 0.717) is 12.0 Å². The number of hydrogen-bond donors (Lipinski definition) is 1. The van der Waals surface area contributed by atoms with Gasteiger partial charge in [-0.05, 0) is 36.0 Å². The molecule has 0 amide bonds. The van der Waals surface area contributed by atoms with Crippen LogP contribution in [0.1, 0.15) is 55.2 Å². The molecule has 1 aromatic rings. The van der Waals surface area contributed by atoms with Gasteiger partial charge in [-0.25, -0.2) is 0 Å². The molecule has 0 aliphatic heterocycles. The molecule has 1 N–H and O–H groups in total. The Morgan fingerprint density at radius 1 is 1.33 bits per heavy atom. The van der Waals surface area contributed by atoms with Crippen LogP contribution >= 0.6 is 11.6 Å². The standard InChI is InChI=1S/C15H18ClF3O2/c1-9(2)10-5-6-11(13(8-10)15(17,18)19)12(14(20)21)4-3-7-16/h5-6,8-9,12H,3-4,7H2,1-2H3,(H,20,21). The van der Waals surface area contributed by atoms with Crippen molar-refractivity contribution >= 4 is 17.6 Å². The van der Waals surface area contributed by atoms with Crippen molar-refractivity contribution in [2.24, 2.45) is 0 Å². The summed E-state index contributed by atoms with van der Waals surface area (Å²) in [5, 5.41) is 9.21. The number of benzene rings is 1. The van der Waals surface area contributed by atoms with E-state index in [1.807, 2.05) is 0 Å². The molecule has 0 heterocycles. The minimum absolute atomic E-state index is 0.0636. The van der Waals surface area contributed by atoms with Crippen LogP contribution in [0.4, 0.5) is 13.2 Å². The van der Waals surface area contributed by atoms with Crippen LogP contribution < -0.4 is 0 Å². The van der Waals surface area contributed by atoms with Crippen LogP contribution in [0.3, 0.4) is 0 Å². The van der Waals surface area contributed by atoms with Crippen molar-refractivity contribution < 1.29 is 23.1 Å². The van der Waals surface area contributed by atoms with Crippen LogP contribution in [0.15, 0.2) is 18.2 Å². The summed E-state index contributed by atoms with van der Waals surface area (Å²) >= 11 is 5.52. The van der Waals surface area contributed by atoms with E-state index in [1.165, 1.54) is 6.07 Å². The first kappa shape index (κ1) is 17.8. The molecule has 0 fully saturated rings. The molecule has 21 heavy (non-hydrogen) atoms. The Morgan fingerprint density at radius 2 is 1.95 bits per heavy atom. The summed E-state index contributed by atoms with van der Waals surface area (Å²) < 4.78 is 39.7. The fourth-order valence-corrected chi connectivity index (χ4v) is 2.33. The minimum Gasteiger partial charge on any atom is -0.481 e. The first-order valence-corrected chi connectivity index (χ1v) is 7.21. The molecule has 0 saturated heterocycles. The van der Waals surface area contributed by atoms with Crippen LogP contribution in [0.2, 0.25) is 0 Å². The van der Waals surface area contributed by atoms with Crippen LogP contribution in [0, 0.1) is 0 Å². The maximum absolute atomic E-state index is 13.2. The van der Waals surface area contributed by atoms with Crippen molar-refractivity contribution in [2.75, 3.05) is 5.88 Å². The third kappa shape index (κ3) is 4.63. The SMILES string of the molecule is CC(C)c1ccc(C(CCCCl)C(=O)O)c(C(F)(F)F)c1. The molecule has 0 spiro atoms. The minimum atomic E-state index is -4.57. The van der Waals surface area contributed by atoms with E-state index in [-0.39, 0.29) is 23.8 Å². The lowest BCUT2D eigenvalue weighted by molar-refractivity contribution is -0.141. The highest BCUT2D eigenvalue weighted by Gasteiger charge is 2.37. The van der Waals surface area contributed by atoms with Crippen LogP contribution in [0.25, 0.3) is 0 Å². The summed E-state index contributed by atoms with van der Waals surface area (Å²) in [5.41, 5.74) is -0.521. The molecule has 0 aliphatic carbocycles. The van der Waals surface area contributed by atoms with Gasteiger partial charge in [-0.3, -0.25) is 4.79 Å².